The number of carbonyl (C=O) groups is 1. The quantitative estimate of drug-likeness (QED) is 0.523. The van der Waals surface area contributed by atoms with E-state index < -0.39 is 5.97 Å². The molecule has 0 saturated heterocycles. The van der Waals surface area contributed by atoms with E-state index in [9.17, 15) is 0 Å². The van der Waals surface area contributed by atoms with Crippen molar-refractivity contribution in [1.82, 2.24) is 0 Å². The first-order chi connectivity index (χ1) is 1.73. The van der Waals surface area contributed by atoms with Crippen molar-refractivity contribution in [3.63, 3.8) is 0 Å². The maximum absolute atomic E-state index is 9.00. The molecule has 1 radical (unpaired) electrons. The first kappa shape index (κ1) is 15.6. The van der Waals surface area contributed by atoms with Crippen LogP contribution in [-0.2, 0) is 21.9 Å². The molecule has 0 rings (SSSR count). The average molecular weight is 205 g/mol. The summed E-state index contributed by atoms with van der Waals surface area (Å²) >= 11 is 0. The van der Waals surface area contributed by atoms with Crippen LogP contribution < -0.4 is 0 Å². The molecular formula is C2H6MnO2Sr. The molecule has 0 aliphatic carbocycles. The van der Waals surface area contributed by atoms with Gasteiger partial charge in [-0.15, -0.1) is 0 Å². The van der Waals surface area contributed by atoms with Gasteiger partial charge in [0.25, 0.3) is 5.97 Å². The Bertz CT molecular complexity index is 34.5. The van der Waals surface area contributed by atoms with Crippen LogP contribution in [0.15, 0.2) is 0 Å². The van der Waals surface area contributed by atoms with E-state index in [4.69, 9.17) is 9.90 Å². The zero-order valence-corrected chi connectivity index (χ0v) is 3.91. The third-order valence-electron chi connectivity index (χ3n) is 0. The Kier molecular flexibility index (Phi) is 25.3. The molecule has 0 heterocycles. The van der Waals surface area contributed by atoms with Gasteiger partial charge in [0.15, 0.2) is 0 Å². The van der Waals surface area contributed by atoms with Gasteiger partial charge in [0.1, 0.15) is 0 Å². The Morgan fingerprint density at radius 1 is 1.67 bits per heavy atom. The van der Waals surface area contributed by atoms with E-state index in [1.54, 1.807) is 0 Å². The van der Waals surface area contributed by atoms with Crippen molar-refractivity contribution in [1.29, 1.82) is 0 Å². The van der Waals surface area contributed by atoms with Crippen molar-refractivity contribution in [2.45, 2.75) is 6.92 Å². The molecule has 35 valence electrons. The standard InChI is InChI=1S/C2H4O2.Mn.Sr.2H/c1-2(3)4;;;;/h1H3,(H,3,4);;;;. The molecule has 0 aliphatic rings. The van der Waals surface area contributed by atoms with Gasteiger partial charge < -0.3 is 5.11 Å². The number of carboxylic acid groups (broad SMARTS) is 1. The second-order valence-corrected chi connectivity index (χ2v) is 0.519. The molecule has 0 saturated carbocycles. The van der Waals surface area contributed by atoms with Crippen molar-refractivity contribution < 1.29 is 27.0 Å². The van der Waals surface area contributed by atoms with Crippen molar-refractivity contribution in [2.24, 2.45) is 0 Å². The Morgan fingerprint density at radius 3 is 1.67 bits per heavy atom. The topological polar surface area (TPSA) is 37.3 Å². The first-order valence-corrected chi connectivity index (χ1v) is 0.928. The Labute approximate surface area is 84.0 Å². The summed E-state index contributed by atoms with van der Waals surface area (Å²) in [5.74, 6) is -0.833. The van der Waals surface area contributed by atoms with Gasteiger partial charge in [-0.2, -0.15) is 0 Å². The van der Waals surface area contributed by atoms with Crippen molar-refractivity contribution >= 4 is 51.5 Å². The van der Waals surface area contributed by atoms with Gasteiger partial charge in [-0.1, -0.05) is 0 Å². The molecule has 1 N–H and O–H groups in total. The summed E-state index contributed by atoms with van der Waals surface area (Å²) in [5, 5.41) is 7.42. The van der Waals surface area contributed by atoms with Gasteiger partial charge in [0.05, 0.1) is 0 Å². The van der Waals surface area contributed by atoms with E-state index in [1.165, 1.54) is 0 Å². The molecular weight excluding hydrogens is 199 g/mol. The van der Waals surface area contributed by atoms with Gasteiger partial charge in [-0.3, -0.25) is 4.79 Å². The Morgan fingerprint density at radius 2 is 1.67 bits per heavy atom. The van der Waals surface area contributed by atoms with Crippen LogP contribution >= 0.6 is 0 Å². The summed E-state index contributed by atoms with van der Waals surface area (Å²) in [4.78, 5) is 9.00. The molecule has 0 aliphatic heterocycles. The minimum absolute atomic E-state index is 0. The fourth-order valence-electron chi connectivity index (χ4n) is 0. The van der Waals surface area contributed by atoms with E-state index in [2.05, 4.69) is 0 Å². The fraction of sp³-hybridized carbons (Fsp3) is 0.500. The second kappa shape index (κ2) is 9.69. The van der Waals surface area contributed by atoms with Gasteiger partial charge in [-0.25, -0.2) is 0 Å². The molecule has 0 aromatic heterocycles. The monoisotopic (exact) mass is 205 g/mol. The van der Waals surface area contributed by atoms with Crippen molar-refractivity contribution in [2.75, 3.05) is 0 Å². The van der Waals surface area contributed by atoms with Gasteiger partial charge in [-0.05, 0) is 0 Å². The molecule has 0 fully saturated rings. The number of aliphatic carboxylic acids is 1. The predicted molar refractivity (Wildman–Crippen MR) is 21.9 cm³/mol. The van der Waals surface area contributed by atoms with Crippen LogP contribution in [0.4, 0.5) is 0 Å². The molecule has 0 spiro atoms. The van der Waals surface area contributed by atoms with Crippen LogP contribution in [0.3, 0.4) is 0 Å². The van der Waals surface area contributed by atoms with Crippen LogP contribution in [-0.4, -0.2) is 56.6 Å². The number of hydrogen-bond donors (Lipinski definition) is 1. The molecule has 4 heteroatoms. The second-order valence-electron chi connectivity index (χ2n) is 0.519. The van der Waals surface area contributed by atoms with Crippen molar-refractivity contribution in [3.8, 4) is 0 Å². The van der Waals surface area contributed by atoms with Gasteiger partial charge >= 0.3 is 45.5 Å². The summed E-state index contributed by atoms with van der Waals surface area (Å²) in [6, 6.07) is 0. The molecule has 0 amide bonds. The van der Waals surface area contributed by atoms with E-state index in [-0.39, 0.29) is 62.6 Å². The van der Waals surface area contributed by atoms with Gasteiger partial charge in [0, 0.05) is 24.0 Å². The van der Waals surface area contributed by atoms with Crippen LogP contribution in [0, 0.1) is 0 Å². The summed E-state index contributed by atoms with van der Waals surface area (Å²) in [5.41, 5.74) is 0. The van der Waals surface area contributed by atoms with Gasteiger partial charge in [0.2, 0.25) is 0 Å². The molecule has 0 atom stereocenters. The summed E-state index contributed by atoms with van der Waals surface area (Å²) < 4.78 is 0. The summed E-state index contributed by atoms with van der Waals surface area (Å²) in [7, 11) is 0. The van der Waals surface area contributed by atoms with Crippen LogP contribution in [0.5, 0.6) is 0 Å². The SMILES string of the molecule is CC(=O)O.[Mn].[SrH2]. The van der Waals surface area contributed by atoms with E-state index in [1.807, 2.05) is 0 Å². The normalized spacial score (nSPS) is 4.17. The van der Waals surface area contributed by atoms with Crippen molar-refractivity contribution in [3.05, 3.63) is 0 Å². The Balaban J connectivity index is -0.0000000450. The molecule has 6 heavy (non-hydrogen) atoms. The zero-order valence-electron chi connectivity index (χ0n) is 2.73. The zero-order chi connectivity index (χ0) is 3.58. The third-order valence-corrected chi connectivity index (χ3v) is 0. The number of rotatable bonds is 0. The molecule has 0 unspecified atom stereocenters. The molecule has 0 bridgehead atoms. The molecule has 0 aromatic rings. The molecule has 2 nitrogen and oxygen atoms in total. The number of carboxylic acids is 1. The first-order valence-electron chi connectivity index (χ1n) is 0.928. The van der Waals surface area contributed by atoms with Crippen LogP contribution in [0.2, 0.25) is 0 Å². The fourth-order valence-corrected chi connectivity index (χ4v) is 0. The minimum atomic E-state index is -0.833. The average Bonchev–Trinajstić information content (AvgIpc) is 0.811. The number of hydrogen-bond acceptors (Lipinski definition) is 1. The predicted octanol–water partition coefficient (Wildman–Crippen LogP) is -0.828. The summed E-state index contributed by atoms with van der Waals surface area (Å²) in [6.07, 6.45) is 0. The van der Waals surface area contributed by atoms with E-state index in [0.717, 1.165) is 6.92 Å². The van der Waals surface area contributed by atoms with Crippen LogP contribution in [0.25, 0.3) is 0 Å². The Hall–Kier alpha value is 1.47. The van der Waals surface area contributed by atoms with E-state index in [0.29, 0.717) is 0 Å². The summed E-state index contributed by atoms with van der Waals surface area (Å²) in [6.45, 7) is 1.08. The van der Waals surface area contributed by atoms with E-state index >= 15 is 0 Å². The third kappa shape index (κ3) is 50.6. The van der Waals surface area contributed by atoms with Crippen LogP contribution in [0.1, 0.15) is 6.92 Å². The molecule has 0 aromatic carbocycles. The maximum atomic E-state index is 9.00.